The van der Waals surface area contributed by atoms with E-state index in [0.717, 1.165) is 0 Å². The van der Waals surface area contributed by atoms with E-state index in [9.17, 15) is 9.18 Å². The Morgan fingerprint density at radius 3 is 2.71 bits per heavy atom. The van der Waals surface area contributed by atoms with Crippen molar-refractivity contribution in [3.63, 3.8) is 0 Å². The summed E-state index contributed by atoms with van der Waals surface area (Å²) in [5, 5.41) is 11.4. The predicted octanol–water partition coefficient (Wildman–Crippen LogP) is 2.58. The number of halogens is 1. The van der Waals surface area contributed by atoms with E-state index in [4.69, 9.17) is 9.84 Å². The number of hydrogen-bond donors (Lipinski definition) is 2. The smallest absolute Gasteiger partial charge is 0.407 e. The molecule has 0 radical (unpaired) electrons. The molecular formula is C16H20FNO3. The summed E-state index contributed by atoms with van der Waals surface area (Å²) in [6, 6.07) is 4.39. The Labute approximate surface area is 124 Å². The van der Waals surface area contributed by atoms with Crippen molar-refractivity contribution < 1.29 is 19.0 Å². The van der Waals surface area contributed by atoms with Crippen LogP contribution in [0.4, 0.5) is 9.18 Å². The van der Waals surface area contributed by atoms with Gasteiger partial charge in [-0.15, -0.1) is 0 Å². The van der Waals surface area contributed by atoms with E-state index in [1.54, 1.807) is 26.8 Å². The lowest BCUT2D eigenvalue weighted by molar-refractivity contribution is 0.0529. The van der Waals surface area contributed by atoms with Crippen LogP contribution in [0.1, 0.15) is 38.3 Å². The average molecular weight is 293 g/mol. The molecule has 114 valence electrons. The minimum absolute atomic E-state index is 0.204. The topological polar surface area (TPSA) is 58.6 Å². The first kappa shape index (κ1) is 17.0. The third kappa shape index (κ3) is 6.77. The van der Waals surface area contributed by atoms with E-state index in [1.165, 1.54) is 12.1 Å². The van der Waals surface area contributed by atoms with Gasteiger partial charge in [0.05, 0.1) is 12.2 Å². The van der Waals surface area contributed by atoms with Crippen LogP contribution < -0.4 is 5.32 Å². The van der Waals surface area contributed by atoms with Crippen LogP contribution in [-0.4, -0.2) is 23.3 Å². The Kier molecular flexibility index (Phi) is 6.19. The van der Waals surface area contributed by atoms with E-state index < -0.39 is 17.5 Å². The van der Waals surface area contributed by atoms with Crippen molar-refractivity contribution in [3.05, 3.63) is 35.1 Å². The monoisotopic (exact) mass is 293 g/mol. The Bertz CT molecular complexity index is 553. The number of hydrogen-bond acceptors (Lipinski definition) is 3. The maximum Gasteiger partial charge on any atom is 0.407 e. The van der Waals surface area contributed by atoms with Crippen LogP contribution in [0.2, 0.25) is 0 Å². The largest absolute Gasteiger partial charge is 0.444 e. The summed E-state index contributed by atoms with van der Waals surface area (Å²) in [5.41, 5.74) is 0.238. The summed E-state index contributed by atoms with van der Waals surface area (Å²) in [6.07, 6.45) is -0.108. The first-order valence-corrected chi connectivity index (χ1v) is 6.67. The highest BCUT2D eigenvalue weighted by molar-refractivity contribution is 5.67. The highest BCUT2D eigenvalue weighted by Crippen LogP contribution is 2.09. The molecule has 0 aromatic heterocycles. The Balaban J connectivity index is 2.42. The number of amides is 1. The van der Waals surface area contributed by atoms with Crippen molar-refractivity contribution in [1.29, 1.82) is 0 Å². The normalized spacial score (nSPS) is 10.5. The van der Waals surface area contributed by atoms with Gasteiger partial charge < -0.3 is 15.2 Å². The summed E-state index contributed by atoms with van der Waals surface area (Å²) in [6.45, 7) is 5.48. The van der Waals surface area contributed by atoms with E-state index in [1.807, 2.05) is 0 Å². The first-order chi connectivity index (χ1) is 9.81. The summed E-state index contributed by atoms with van der Waals surface area (Å²) in [4.78, 5) is 11.4. The fraction of sp³-hybridized carbons (Fsp3) is 0.438. The van der Waals surface area contributed by atoms with Crippen LogP contribution in [0.5, 0.6) is 0 Å². The molecule has 0 atom stereocenters. The molecule has 0 aliphatic rings. The minimum Gasteiger partial charge on any atom is -0.444 e. The Morgan fingerprint density at radius 2 is 2.14 bits per heavy atom. The molecule has 0 fully saturated rings. The van der Waals surface area contributed by atoms with E-state index in [2.05, 4.69) is 17.2 Å². The predicted molar refractivity (Wildman–Crippen MR) is 78.1 cm³/mol. The Hall–Kier alpha value is -2.06. The van der Waals surface area contributed by atoms with Gasteiger partial charge in [-0.2, -0.15) is 0 Å². The number of rotatable bonds is 3. The molecule has 1 rings (SSSR count). The fourth-order valence-electron chi connectivity index (χ4n) is 1.46. The molecule has 1 aromatic rings. The number of carbonyl (C=O) groups excluding carboxylic acids is 1. The van der Waals surface area contributed by atoms with Gasteiger partial charge in [-0.3, -0.25) is 0 Å². The third-order valence-electron chi connectivity index (χ3n) is 2.36. The zero-order chi connectivity index (χ0) is 15.9. The lowest BCUT2D eigenvalue weighted by Crippen LogP contribution is -2.32. The second-order valence-electron chi connectivity index (χ2n) is 5.45. The molecular weight excluding hydrogens is 273 g/mol. The second-order valence-corrected chi connectivity index (χ2v) is 5.45. The summed E-state index contributed by atoms with van der Waals surface area (Å²) in [5.74, 6) is 5.00. The number of aliphatic hydroxyl groups excluding tert-OH is 1. The summed E-state index contributed by atoms with van der Waals surface area (Å²) >= 11 is 0. The molecule has 0 bridgehead atoms. The van der Waals surface area contributed by atoms with Gasteiger partial charge >= 0.3 is 6.09 Å². The molecule has 21 heavy (non-hydrogen) atoms. The van der Waals surface area contributed by atoms with Crippen molar-refractivity contribution in [1.82, 2.24) is 5.32 Å². The van der Waals surface area contributed by atoms with Crippen molar-refractivity contribution in [2.75, 3.05) is 6.54 Å². The van der Waals surface area contributed by atoms with Gasteiger partial charge in [-0.05, 0) is 38.5 Å². The van der Waals surface area contributed by atoms with Gasteiger partial charge in [0.2, 0.25) is 0 Å². The van der Waals surface area contributed by atoms with Crippen LogP contribution in [0.15, 0.2) is 18.2 Å². The molecule has 1 aromatic carbocycles. The van der Waals surface area contributed by atoms with Crippen molar-refractivity contribution in [3.8, 4) is 11.8 Å². The van der Waals surface area contributed by atoms with Crippen LogP contribution in [0.3, 0.4) is 0 Å². The van der Waals surface area contributed by atoms with Gasteiger partial charge in [0.15, 0.2) is 0 Å². The van der Waals surface area contributed by atoms with Crippen LogP contribution in [0.25, 0.3) is 0 Å². The van der Waals surface area contributed by atoms with Gasteiger partial charge in [-0.25, -0.2) is 9.18 Å². The number of alkyl carbamates (subject to hydrolysis) is 1. The Morgan fingerprint density at radius 1 is 1.43 bits per heavy atom. The molecule has 0 aliphatic carbocycles. The van der Waals surface area contributed by atoms with Gasteiger partial charge in [0.1, 0.15) is 11.4 Å². The van der Waals surface area contributed by atoms with Gasteiger partial charge in [0, 0.05) is 13.0 Å². The number of nitrogens with one attached hydrogen (secondary N) is 1. The molecule has 0 saturated carbocycles. The molecule has 0 spiro atoms. The molecule has 0 heterocycles. The van der Waals surface area contributed by atoms with Crippen molar-refractivity contribution in [2.45, 2.75) is 39.4 Å². The molecule has 0 unspecified atom stereocenters. The molecule has 4 nitrogen and oxygen atoms in total. The molecule has 0 aliphatic heterocycles. The zero-order valence-electron chi connectivity index (χ0n) is 12.5. The maximum absolute atomic E-state index is 13.6. The average Bonchev–Trinajstić information content (AvgIpc) is 2.37. The molecule has 2 N–H and O–H groups in total. The fourth-order valence-corrected chi connectivity index (χ4v) is 1.46. The first-order valence-electron chi connectivity index (χ1n) is 6.67. The quantitative estimate of drug-likeness (QED) is 0.665. The van der Waals surface area contributed by atoms with Crippen molar-refractivity contribution in [2.24, 2.45) is 0 Å². The highest BCUT2D eigenvalue weighted by atomic mass is 19.1. The van der Waals surface area contributed by atoms with Gasteiger partial charge in [-0.1, -0.05) is 17.9 Å². The van der Waals surface area contributed by atoms with Gasteiger partial charge in [0.25, 0.3) is 0 Å². The minimum atomic E-state index is -0.534. The summed E-state index contributed by atoms with van der Waals surface area (Å²) < 4.78 is 18.6. The number of benzene rings is 1. The molecule has 5 heteroatoms. The maximum atomic E-state index is 13.6. The molecule has 1 amide bonds. The number of carbonyl (C=O) groups is 1. The standard InChI is InChI=1S/C16H20FNO3/c1-16(2,3)21-15(20)18-9-5-4-6-13-8-7-12(11-19)10-14(13)17/h7-8,10,19H,5,9,11H2,1-3H3,(H,18,20). The van der Waals surface area contributed by atoms with Crippen LogP contribution in [-0.2, 0) is 11.3 Å². The lowest BCUT2D eigenvalue weighted by atomic mass is 10.1. The van der Waals surface area contributed by atoms with E-state index in [-0.39, 0.29) is 12.2 Å². The van der Waals surface area contributed by atoms with Crippen molar-refractivity contribution >= 4 is 6.09 Å². The summed E-state index contributed by atoms with van der Waals surface area (Å²) in [7, 11) is 0. The van der Waals surface area contributed by atoms with E-state index in [0.29, 0.717) is 18.5 Å². The second kappa shape index (κ2) is 7.65. The zero-order valence-corrected chi connectivity index (χ0v) is 12.5. The van der Waals surface area contributed by atoms with Crippen LogP contribution >= 0.6 is 0 Å². The lowest BCUT2D eigenvalue weighted by Gasteiger charge is -2.19. The third-order valence-corrected chi connectivity index (χ3v) is 2.36. The number of aliphatic hydroxyl groups is 1. The number of ether oxygens (including phenoxy) is 1. The highest BCUT2D eigenvalue weighted by Gasteiger charge is 2.15. The SMILES string of the molecule is CC(C)(C)OC(=O)NCCC#Cc1ccc(CO)cc1F. The van der Waals surface area contributed by atoms with E-state index >= 15 is 0 Å². The van der Waals surface area contributed by atoms with Crippen LogP contribution in [0, 0.1) is 17.7 Å². The molecule has 0 saturated heterocycles.